The van der Waals surface area contributed by atoms with E-state index in [1.807, 2.05) is 6.92 Å². The van der Waals surface area contributed by atoms with Crippen LogP contribution in [0.15, 0.2) is 0 Å². The molecule has 0 N–H and O–H groups in total. The molecule has 0 aliphatic carbocycles. The van der Waals surface area contributed by atoms with Gasteiger partial charge in [-0.3, -0.25) is 10.1 Å². The highest BCUT2D eigenvalue weighted by molar-refractivity contribution is 5.76. The molecule has 0 rings (SSSR count). The summed E-state index contributed by atoms with van der Waals surface area (Å²) in [5.74, 6) is -0.202. The summed E-state index contributed by atoms with van der Waals surface area (Å²) >= 11 is 0. The zero-order valence-electron chi connectivity index (χ0n) is 5.18. The van der Waals surface area contributed by atoms with Crippen LogP contribution < -0.4 is 5.32 Å². The summed E-state index contributed by atoms with van der Waals surface area (Å²) in [7, 11) is 1.46. The molecule has 0 unspecified atom stereocenters. The predicted molar refractivity (Wildman–Crippen MR) is 29.6 cm³/mol. The summed E-state index contributed by atoms with van der Waals surface area (Å²) in [6.45, 7) is 2.52. The second kappa shape index (κ2) is 4.59. The molecule has 0 aliphatic rings. The molecule has 3 nitrogen and oxygen atoms in total. The average molecular weight is 116 g/mol. The van der Waals surface area contributed by atoms with E-state index in [2.05, 4.69) is 5.32 Å². The van der Waals surface area contributed by atoms with Gasteiger partial charge in [-0.25, -0.2) is 0 Å². The lowest BCUT2D eigenvalue weighted by Crippen LogP contribution is -2.16. The molecular formula is C5H10NO2. The van der Waals surface area contributed by atoms with E-state index >= 15 is 0 Å². The highest BCUT2D eigenvalue weighted by Crippen LogP contribution is 1.71. The van der Waals surface area contributed by atoms with Crippen LogP contribution in [0.5, 0.6) is 0 Å². The molecule has 0 aromatic heterocycles. The monoisotopic (exact) mass is 116 g/mol. The zero-order chi connectivity index (χ0) is 6.41. The summed E-state index contributed by atoms with van der Waals surface area (Å²) in [5.41, 5.74) is 0. The van der Waals surface area contributed by atoms with Crippen LogP contribution >= 0.6 is 0 Å². The van der Waals surface area contributed by atoms with Gasteiger partial charge in [-0.15, -0.1) is 0 Å². The molecule has 0 atom stereocenters. The first kappa shape index (κ1) is 7.43. The van der Waals surface area contributed by atoms with Gasteiger partial charge in [0.05, 0.1) is 0 Å². The number of carbonyl (C=O) groups is 1. The molecule has 1 radical (unpaired) electrons. The molecule has 0 spiro atoms. The Hall–Kier alpha value is -0.570. The van der Waals surface area contributed by atoms with Crippen molar-refractivity contribution >= 4 is 5.91 Å². The lowest BCUT2D eigenvalue weighted by Gasteiger charge is -1.94. The Morgan fingerprint density at radius 2 is 2.38 bits per heavy atom. The molecule has 8 heavy (non-hydrogen) atoms. The van der Waals surface area contributed by atoms with E-state index in [0.29, 0.717) is 6.61 Å². The minimum absolute atomic E-state index is 0.118. The van der Waals surface area contributed by atoms with Crippen molar-refractivity contribution in [3.05, 3.63) is 0 Å². The molecule has 0 fully saturated rings. The Kier molecular flexibility index (Phi) is 4.26. The minimum Gasteiger partial charge on any atom is -0.372 e. The van der Waals surface area contributed by atoms with Crippen molar-refractivity contribution in [2.24, 2.45) is 0 Å². The minimum atomic E-state index is -0.202. The third-order valence-corrected chi connectivity index (χ3v) is 0.679. The molecule has 3 heteroatoms. The van der Waals surface area contributed by atoms with Crippen LogP contribution in [-0.4, -0.2) is 26.2 Å². The van der Waals surface area contributed by atoms with E-state index in [4.69, 9.17) is 4.74 Å². The van der Waals surface area contributed by atoms with E-state index in [1.165, 1.54) is 7.05 Å². The number of hydrogen-bond acceptors (Lipinski definition) is 2. The number of likely N-dealkylation sites (N-methyl/N-ethyl adjacent to an activating group) is 1. The van der Waals surface area contributed by atoms with Gasteiger partial charge >= 0.3 is 0 Å². The zero-order valence-corrected chi connectivity index (χ0v) is 5.18. The van der Waals surface area contributed by atoms with Gasteiger partial charge in [0.15, 0.2) is 0 Å². The maximum atomic E-state index is 10.3. The number of ether oxygens (including phenoxy) is 1. The summed E-state index contributed by atoms with van der Waals surface area (Å²) in [5, 5.41) is 3.36. The van der Waals surface area contributed by atoms with Crippen LogP contribution in [0.1, 0.15) is 6.92 Å². The van der Waals surface area contributed by atoms with Gasteiger partial charge in [-0.1, -0.05) is 0 Å². The van der Waals surface area contributed by atoms with Crippen molar-refractivity contribution in [2.75, 3.05) is 20.3 Å². The van der Waals surface area contributed by atoms with Crippen molar-refractivity contribution in [1.29, 1.82) is 0 Å². The summed E-state index contributed by atoms with van der Waals surface area (Å²) < 4.78 is 4.74. The fraction of sp³-hybridized carbons (Fsp3) is 0.800. The first-order chi connectivity index (χ1) is 3.81. The van der Waals surface area contributed by atoms with Crippen LogP contribution in [0.3, 0.4) is 0 Å². The van der Waals surface area contributed by atoms with Gasteiger partial charge in [0, 0.05) is 13.7 Å². The first-order valence-electron chi connectivity index (χ1n) is 2.51. The van der Waals surface area contributed by atoms with Gasteiger partial charge in [0.1, 0.15) is 6.61 Å². The smallest absolute Gasteiger partial charge is 0.266 e. The Balaban J connectivity index is 2.99. The Morgan fingerprint density at radius 3 is 2.75 bits per heavy atom. The molecule has 0 saturated carbocycles. The lowest BCUT2D eigenvalue weighted by atomic mass is 10.6. The second-order valence-corrected chi connectivity index (χ2v) is 1.25. The van der Waals surface area contributed by atoms with Crippen LogP contribution in [0.4, 0.5) is 0 Å². The van der Waals surface area contributed by atoms with Gasteiger partial charge < -0.3 is 4.74 Å². The van der Waals surface area contributed by atoms with Gasteiger partial charge in [0.25, 0.3) is 5.91 Å². The van der Waals surface area contributed by atoms with Gasteiger partial charge in [-0.2, -0.15) is 0 Å². The van der Waals surface area contributed by atoms with E-state index < -0.39 is 0 Å². The predicted octanol–water partition coefficient (Wildman–Crippen LogP) is -0.216. The Bertz CT molecular complexity index is 72.8. The van der Waals surface area contributed by atoms with Gasteiger partial charge in [0.2, 0.25) is 0 Å². The molecular weight excluding hydrogens is 106 g/mol. The van der Waals surface area contributed by atoms with Crippen molar-refractivity contribution in [3.63, 3.8) is 0 Å². The Morgan fingerprint density at radius 1 is 1.75 bits per heavy atom. The normalized spacial score (nSPS) is 8.75. The van der Waals surface area contributed by atoms with Crippen molar-refractivity contribution in [2.45, 2.75) is 6.92 Å². The van der Waals surface area contributed by atoms with Gasteiger partial charge in [-0.05, 0) is 6.92 Å². The van der Waals surface area contributed by atoms with Crippen molar-refractivity contribution in [3.8, 4) is 0 Å². The second-order valence-electron chi connectivity index (χ2n) is 1.25. The van der Waals surface area contributed by atoms with Crippen molar-refractivity contribution < 1.29 is 9.53 Å². The van der Waals surface area contributed by atoms with E-state index in [1.54, 1.807) is 0 Å². The SMILES string of the molecule is CCOCC(=O)[N]C. The van der Waals surface area contributed by atoms with Crippen LogP contribution in [0, 0.1) is 0 Å². The highest BCUT2D eigenvalue weighted by atomic mass is 16.5. The molecule has 0 saturated heterocycles. The van der Waals surface area contributed by atoms with Crippen LogP contribution in [-0.2, 0) is 9.53 Å². The summed E-state index contributed by atoms with van der Waals surface area (Å²) in [6, 6.07) is 0. The lowest BCUT2D eigenvalue weighted by molar-refractivity contribution is -0.125. The molecule has 0 aromatic rings. The molecule has 47 valence electrons. The largest absolute Gasteiger partial charge is 0.372 e. The molecule has 0 aliphatic heterocycles. The topological polar surface area (TPSA) is 40.4 Å². The Labute approximate surface area is 49.0 Å². The van der Waals surface area contributed by atoms with E-state index in [-0.39, 0.29) is 12.5 Å². The molecule has 0 bridgehead atoms. The third kappa shape index (κ3) is 3.61. The molecule has 1 amide bonds. The molecule has 0 aromatic carbocycles. The highest BCUT2D eigenvalue weighted by Gasteiger charge is 1.94. The number of nitrogens with zero attached hydrogens (tertiary/aromatic N) is 1. The summed E-state index contributed by atoms with van der Waals surface area (Å²) in [6.07, 6.45) is 0. The average Bonchev–Trinajstić information content (AvgIpc) is 1.83. The van der Waals surface area contributed by atoms with Crippen LogP contribution in [0.2, 0.25) is 0 Å². The van der Waals surface area contributed by atoms with E-state index in [0.717, 1.165) is 0 Å². The maximum absolute atomic E-state index is 10.3. The third-order valence-electron chi connectivity index (χ3n) is 0.679. The van der Waals surface area contributed by atoms with E-state index in [9.17, 15) is 4.79 Å². The quantitative estimate of drug-likeness (QED) is 0.511. The molecule has 0 heterocycles. The number of carbonyl (C=O) groups excluding carboxylic acids is 1. The number of rotatable bonds is 3. The summed E-state index contributed by atoms with van der Waals surface area (Å²) in [4.78, 5) is 10.3. The fourth-order valence-electron chi connectivity index (χ4n) is 0.254. The first-order valence-corrected chi connectivity index (χ1v) is 2.51. The van der Waals surface area contributed by atoms with Crippen LogP contribution in [0.25, 0.3) is 0 Å². The maximum Gasteiger partial charge on any atom is 0.266 e. The number of hydrogen-bond donors (Lipinski definition) is 0. The number of amides is 1. The van der Waals surface area contributed by atoms with Crippen molar-refractivity contribution in [1.82, 2.24) is 5.32 Å². The standard InChI is InChI=1S/C5H10NO2/c1-3-8-4-5(7)6-2/h3-4H2,1-2H3. The fourth-order valence-corrected chi connectivity index (χ4v) is 0.254.